The maximum absolute atomic E-state index is 12.7. The van der Waals surface area contributed by atoms with Crippen molar-refractivity contribution in [1.29, 1.82) is 0 Å². The minimum Gasteiger partial charge on any atom is -0.241 e. The van der Waals surface area contributed by atoms with E-state index in [-0.39, 0.29) is 12.8 Å². The summed E-state index contributed by atoms with van der Waals surface area (Å²) in [6.45, 7) is 1.47. The Balaban J connectivity index is 4.89. The Bertz CT molecular complexity index is 219. The van der Waals surface area contributed by atoms with Crippen molar-refractivity contribution in [3.8, 4) is 0 Å². The average Bonchev–Trinajstić information content (AvgIpc) is 2.11. The van der Waals surface area contributed by atoms with Crippen molar-refractivity contribution in [1.82, 2.24) is 0 Å². The normalized spacial score (nSPS) is 16.3. The number of unbranched alkanes of at least 4 members (excludes halogenated alkanes) is 1. The molecule has 0 radical (unpaired) electrons. The molecule has 0 saturated carbocycles. The molecule has 16 heavy (non-hydrogen) atoms. The lowest BCUT2D eigenvalue weighted by Gasteiger charge is -2.30. The molecule has 0 N–H and O–H groups in total. The van der Waals surface area contributed by atoms with Gasteiger partial charge in [-0.1, -0.05) is 19.8 Å². The Kier molecular flexibility index (Phi) is 4.58. The SMILES string of the molecule is CCCCC(F)C(F)(F)C(F)(F)C(F)(F)F. The molecule has 0 aliphatic rings. The quantitative estimate of drug-likeness (QED) is 0.643. The van der Waals surface area contributed by atoms with E-state index >= 15 is 0 Å². The topological polar surface area (TPSA) is 0 Å². The van der Waals surface area contributed by atoms with E-state index < -0.39 is 30.6 Å². The van der Waals surface area contributed by atoms with Crippen molar-refractivity contribution < 1.29 is 35.1 Å². The van der Waals surface area contributed by atoms with Crippen LogP contribution >= 0.6 is 0 Å². The molecular weight excluding hydrogens is 248 g/mol. The summed E-state index contributed by atoms with van der Waals surface area (Å²) < 4.78 is 97.2. The molecule has 0 aromatic rings. The van der Waals surface area contributed by atoms with Crippen LogP contribution in [0.4, 0.5) is 35.1 Å². The minimum absolute atomic E-state index is 0.190. The van der Waals surface area contributed by atoms with Gasteiger partial charge in [-0.05, 0) is 6.42 Å². The lowest BCUT2D eigenvalue weighted by Crippen LogP contribution is -2.56. The third-order valence-corrected chi connectivity index (χ3v) is 1.98. The summed E-state index contributed by atoms with van der Waals surface area (Å²) in [4.78, 5) is 0. The molecule has 0 aromatic carbocycles. The molecule has 98 valence electrons. The summed E-state index contributed by atoms with van der Waals surface area (Å²) in [7, 11) is 0. The largest absolute Gasteiger partial charge is 0.459 e. The molecule has 0 aromatic heterocycles. The van der Waals surface area contributed by atoms with E-state index in [1.165, 1.54) is 6.92 Å². The molecule has 0 saturated heterocycles. The first-order valence-corrected chi connectivity index (χ1v) is 4.45. The van der Waals surface area contributed by atoms with E-state index in [0.717, 1.165) is 0 Å². The fraction of sp³-hybridized carbons (Fsp3) is 1.00. The molecule has 1 unspecified atom stereocenters. The van der Waals surface area contributed by atoms with Crippen LogP contribution in [0.1, 0.15) is 26.2 Å². The molecule has 0 heterocycles. The van der Waals surface area contributed by atoms with Crippen LogP contribution in [0.5, 0.6) is 0 Å². The van der Waals surface area contributed by atoms with Gasteiger partial charge in [0.2, 0.25) is 0 Å². The van der Waals surface area contributed by atoms with Gasteiger partial charge in [-0.3, -0.25) is 0 Å². The Morgan fingerprint density at radius 3 is 1.69 bits per heavy atom. The molecule has 0 fully saturated rings. The molecule has 8 heteroatoms. The van der Waals surface area contributed by atoms with Crippen molar-refractivity contribution in [2.24, 2.45) is 0 Å². The monoisotopic (exact) mass is 258 g/mol. The predicted octanol–water partition coefficient (Wildman–Crippen LogP) is 4.35. The van der Waals surface area contributed by atoms with E-state index in [4.69, 9.17) is 0 Å². The lowest BCUT2D eigenvalue weighted by molar-refractivity contribution is -0.366. The third kappa shape index (κ3) is 2.76. The second-order valence-electron chi connectivity index (χ2n) is 3.30. The van der Waals surface area contributed by atoms with Crippen molar-refractivity contribution >= 4 is 0 Å². The Hall–Kier alpha value is -0.560. The standard InChI is InChI=1S/C8H10F8/c1-2-3-4-5(9)6(10,11)7(12,13)8(14,15)16/h5H,2-4H2,1H3. The first-order valence-electron chi connectivity index (χ1n) is 4.45. The van der Waals surface area contributed by atoms with Crippen molar-refractivity contribution in [2.45, 2.75) is 50.4 Å². The van der Waals surface area contributed by atoms with Gasteiger partial charge >= 0.3 is 18.0 Å². The van der Waals surface area contributed by atoms with E-state index in [2.05, 4.69) is 0 Å². The van der Waals surface area contributed by atoms with Crippen molar-refractivity contribution in [2.75, 3.05) is 0 Å². The van der Waals surface area contributed by atoms with Crippen LogP contribution in [-0.2, 0) is 0 Å². The first-order chi connectivity index (χ1) is 6.98. The van der Waals surface area contributed by atoms with Gasteiger partial charge < -0.3 is 0 Å². The van der Waals surface area contributed by atoms with E-state index in [0.29, 0.717) is 0 Å². The van der Waals surface area contributed by atoms with Gasteiger partial charge in [-0.25, -0.2) is 4.39 Å². The summed E-state index contributed by atoms with van der Waals surface area (Å²) in [6, 6.07) is 0. The maximum atomic E-state index is 12.7. The molecule has 0 rings (SSSR count). The highest BCUT2D eigenvalue weighted by Gasteiger charge is 2.75. The van der Waals surface area contributed by atoms with Gasteiger partial charge in [-0.15, -0.1) is 0 Å². The van der Waals surface area contributed by atoms with Crippen LogP contribution in [0.2, 0.25) is 0 Å². The molecule has 0 aliphatic carbocycles. The summed E-state index contributed by atoms with van der Waals surface area (Å²) in [5, 5.41) is 0. The number of hydrogen-bond donors (Lipinski definition) is 0. The van der Waals surface area contributed by atoms with Crippen LogP contribution in [0, 0.1) is 0 Å². The van der Waals surface area contributed by atoms with Crippen LogP contribution in [0.25, 0.3) is 0 Å². The molecular formula is C8H10F8. The Morgan fingerprint density at radius 2 is 1.38 bits per heavy atom. The summed E-state index contributed by atoms with van der Waals surface area (Å²) in [5.41, 5.74) is 0. The van der Waals surface area contributed by atoms with Crippen LogP contribution < -0.4 is 0 Å². The zero-order chi connectivity index (χ0) is 13.2. The van der Waals surface area contributed by atoms with Crippen LogP contribution in [0.3, 0.4) is 0 Å². The molecule has 0 aliphatic heterocycles. The molecule has 0 nitrogen and oxygen atoms in total. The fourth-order valence-electron chi connectivity index (χ4n) is 0.950. The van der Waals surface area contributed by atoms with Gasteiger partial charge in [0.15, 0.2) is 6.17 Å². The average molecular weight is 258 g/mol. The summed E-state index contributed by atoms with van der Waals surface area (Å²) in [5.74, 6) is -12.1. The van der Waals surface area contributed by atoms with E-state index in [1.807, 2.05) is 0 Å². The number of halogens is 8. The molecule has 0 spiro atoms. The molecule has 1 atom stereocenters. The third-order valence-electron chi connectivity index (χ3n) is 1.98. The highest BCUT2D eigenvalue weighted by atomic mass is 19.4. The first kappa shape index (κ1) is 15.4. The zero-order valence-corrected chi connectivity index (χ0v) is 8.22. The zero-order valence-electron chi connectivity index (χ0n) is 8.22. The van der Waals surface area contributed by atoms with Crippen molar-refractivity contribution in [3.05, 3.63) is 0 Å². The summed E-state index contributed by atoms with van der Waals surface area (Å²) >= 11 is 0. The van der Waals surface area contributed by atoms with Gasteiger partial charge in [0.05, 0.1) is 0 Å². The summed E-state index contributed by atoms with van der Waals surface area (Å²) in [6.07, 6.45) is -11.0. The van der Waals surface area contributed by atoms with Gasteiger partial charge in [0.1, 0.15) is 0 Å². The number of hydrogen-bond acceptors (Lipinski definition) is 0. The molecule has 0 amide bonds. The van der Waals surface area contributed by atoms with E-state index in [1.54, 1.807) is 0 Å². The molecule has 0 bridgehead atoms. The van der Waals surface area contributed by atoms with Crippen molar-refractivity contribution in [3.63, 3.8) is 0 Å². The second-order valence-corrected chi connectivity index (χ2v) is 3.30. The maximum Gasteiger partial charge on any atom is 0.459 e. The van der Waals surface area contributed by atoms with Crippen LogP contribution in [-0.4, -0.2) is 24.2 Å². The second kappa shape index (κ2) is 4.75. The minimum atomic E-state index is -6.47. The Morgan fingerprint density at radius 1 is 0.938 bits per heavy atom. The predicted molar refractivity (Wildman–Crippen MR) is 40.4 cm³/mol. The van der Waals surface area contributed by atoms with Crippen LogP contribution in [0.15, 0.2) is 0 Å². The van der Waals surface area contributed by atoms with Gasteiger partial charge in [0, 0.05) is 0 Å². The Labute approximate surface area is 86.6 Å². The highest BCUT2D eigenvalue weighted by Crippen LogP contribution is 2.49. The van der Waals surface area contributed by atoms with E-state index in [9.17, 15) is 35.1 Å². The van der Waals surface area contributed by atoms with Gasteiger partial charge in [-0.2, -0.15) is 30.7 Å². The van der Waals surface area contributed by atoms with Gasteiger partial charge in [0.25, 0.3) is 0 Å². The smallest absolute Gasteiger partial charge is 0.241 e. The highest BCUT2D eigenvalue weighted by molar-refractivity contribution is 4.95. The number of rotatable bonds is 5. The lowest BCUT2D eigenvalue weighted by atomic mass is 10.0. The number of alkyl halides is 8. The fourth-order valence-corrected chi connectivity index (χ4v) is 0.950.